The number of aliphatic hydroxyl groups is 10. The van der Waals surface area contributed by atoms with Crippen molar-refractivity contribution in [1.82, 2.24) is 0 Å². The minimum atomic E-state index is -1.85. The molecule has 360 valence electrons. The average molecular weight is 901 g/mol. The van der Waals surface area contributed by atoms with E-state index in [2.05, 4.69) is 26.8 Å². The summed E-state index contributed by atoms with van der Waals surface area (Å²) >= 11 is 0. The predicted molar refractivity (Wildman–Crippen MR) is 216 cm³/mol. The molecule has 0 amide bonds. The van der Waals surface area contributed by atoms with Gasteiger partial charge in [-0.2, -0.15) is 0 Å². The van der Waals surface area contributed by atoms with Crippen molar-refractivity contribution in [1.29, 1.82) is 0 Å². The molecule has 63 heavy (non-hydrogen) atoms. The van der Waals surface area contributed by atoms with E-state index in [4.69, 9.17) is 37.9 Å². The molecule has 5 heterocycles. The Balaban J connectivity index is 0.934. The van der Waals surface area contributed by atoms with Crippen LogP contribution in [0.3, 0.4) is 0 Å². The highest BCUT2D eigenvalue weighted by Crippen LogP contribution is 2.70. The lowest BCUT2D eigenvalue weighted by atomic mass is 9.47. The SMILES string of the molecule is CC1OC(OC2C(O[C@H]3CC[C@@]4(C)C(=CC[C@H]5[C@@H]6C[C@@H]7O[C@]8(CC[C@@H](CO)CO8)[C@@H](C)[C@@H]7[C@@]6(C)CC[C@@H]54)C3)OC(CO)C(O)C2OC2OC(CO)C(O)C(O)C2O)C(O)C(O)C1O. The van der Waals surface area contributed by atoms with Gasteiger partial charge in [0, 0.05) is 24.9 Å². The largest absolute Gasteiger partial charge is 0.396 e. The Bertz CT molecular complexity index is 1630. The van der Waals surface area contributed by atoms with Crippen LogP contribution in [0, 0.1) is 46.3 Å². The van der Waals surface area contributed by atoms with Gasteiger partial charge in [0.15, 0.2) is 24.7 Å². The van der Waals surface area contributed by atoms with Gasteiger partial charge < -0.3 is 89.0 Å². The van der Waals surface area contributed by atoms with Crippen LogP contribution in [0.1, 0.15) is 85.5 Å². The second kappa shape index (κ2) is 17.8. The van der Waals surface area contributed by atoms with Crippen molar-refractivity contribution in [2.75, 3.05) is 26.4 Å². The van der Waals surface area contributed by atoms with Gasteiger partial charge in [-0.15, -0.1) is 0 Å². The molecule has 0 aromatic heterocycles. The molecule has 18 heteroatoms. The molecule has 5 aliphatic heterocycles. The molecule has 10 N–H and O–H groups in total. The fraction of sp³-hybridized carbons (Fsp3) is 0.956. The van der Waals surface area contributed by atoms with Crippen LogP contribution in [0.15, 0.2) is 11.6 Å². The van der Waals surface area contributed by atoms with E-state index in [1.165, 1.54) is 12.5 Å². The van der Waals surface area contributed by atoms with Gasteiger partial charge in [-0.1, -0.05) is 32.4 Å². The summed E-state index contributed by atoms with van der Waals surface area (Å²) < 4.78 is 50.1. The first-order valence-electron chi connectivity index (χ1n) is 23.5. The topological polar surface area (TPSA) is 276 Å². The van der Waals surface area contributed by atoms with E-state index in [0.29, 0.717) is 43.1 Å². The zero-order chi connectivity index (χ0) is 44.9. The predicted octanol–water partition coefficient (Wildman–Crippen LogP) is -0.813. The number of rotatable bonds is 9. The minimum absolute atomic E-state index is 0.0731. The van der Waals surface area contributed by atoms with Gasteiger partial charge in [0.2, 0.25) is 0 Å². The van der Waals surface area contributed by atoms with Crippen molar-refractivity contribution in [2.24, 2.45) is 46.3 Å². The molecule has 0 radical (unpaired) electrons. The first-order valence-corrected chi connectivity index (χ1v) is 23.5. The van der Waals surface area contributed by atoms with Crippen molar-refractivity contribution in [3.63, 3.8) is 0 Å². The third kappa shape index (κ3) is 7.81. The van der Waals surface area contributed by atoms with Gasteiger partial charge in [-0.05, 0) is 92.8 Å². The summed E-state index contributed by atoms with van der Waals surface area (Å²) in [5.41, 5.74) is 1.36. The second-order valence-electron chi connectivity index (χ2n) is 21.0. The monoisotopic (exact) mass is 900 g/mol. The molecular weight excluding hydrogens is 828 g/mol. The number of hydrogen-bond acceptors (Lipinski definition) is 18. The van der Waals surface area contributed by atoms with E-state index >= 15 is 0 Å². The van der Waals surface area contributed by atoms with Gasteiger partial charge in [0.05, 0.1) is 38.1 Å². The summed E-state index contributed by atoms with van der Waals surface area (Å²) in [6.07, 6.45) is -13.2. The quantitative estimate of drug-likeness (QED) is 0.127. The van der Waals surface area contributed by atoms with Crippen LogP contribution in [0.4, 0.5) is 0 Å². The van der Waals surface area contributed by atoms with Gasteiger partial charge in [0.1, 0.15) is 67.1 Å². The number of hydrogen-bond donors (Lipinski definition) is 10. The number of ether oxygens (including phenoxy) is 8. The highest BCUT2D eigenvalue weighted by molar-refractivity contribution is 5.26. The maximum atomic E-state index is 11.6. The average Bonchev–Trinajstić information content (AvgIpc) is 3.72. The standard InChI is InChI=1S/C45H72O18/c1-19-30-27(63-45(19)12-7-21(15-46)18-56-45)14-26-24-6-5-22-13-23(8-10-43(22,3)25(24)9-11-44(26,30)4)58-42-39(62-40-36(54)34(52)31(49)20(2)57-40)38(33(51)29(17-48)60-42)61-41-37(55)35(53)32(50)28(16-47)59-41/h5,19-21,23-42,46-55H,6-18H2,1-4H3/t19-,20?,21-,23-,24+,25-,26-,27-,28?,29?,30-,31?,32?,33?,34?,35?,36?,37?,38?,39?,40?,41?,42?,43-,44-,45+/m0/s1. The van der Waals surface area contributed by atoms with Gasteiger partial charge in [-0.3, -0.25) is 0 Å². The molecule has 8 fully saturated rings. The molecule has 3 saturated carbocycles. The van der Waals surface area contributed by atoms with E-state index in [1.807, 2.05) is 0 Å². The Morgan fingerprint density at radius 1 is 0.667 bits per heavy atom. The molecule has 5 saturated heterocycles. The highest BCUT2D eigenvalue weighted by atomic mass is 16.8. The number of fused-ring (bicyclic) bond motifs is 7. The van der Waals surface area contributed by atoms with E-state index in [1.54, 1.807) is 0 Å². The van der Waals surface area contributed by atoms with Crippen LogP contribution in [0.5, 0.6) is 0 Å². The van der Waals surface area contributed by atoms with Gasteiger partial charge in [0.25, 0.3) is 0 Å². The van der Waals surface area contributed by atoms with E-state index in [0.717, 1.165) is 44.9 Å². The lowest BCUT2D eigenvalue weighted by Crippen LogP contribution is -2.67. The Morgan fingerprint density at radius 2 is 1.33 bits per heavy atom. The van der Waals surface area contributed by atoms with E-state index in [-0.39, 0.29) is 35.4 Å². The summed E-state index contributed by atoms with van der Waals surface area (Å²) in [7, 11) is 0. The number of aliphatic hydroxyl groups excluding tert-OH is 10. The summed E-state index contributed by atoms with van der Waals surface area (Å²) in [6.45, 7) is 7.95. The minimum Gasteiger partial charge on any atom is -0.396 e. The second-order valence-corrected chi connectivity index (χ2v) is 21.0. The molecule has 15 unspecified atom stereocenters. The Morgan fingerprint density at radius 3 is 2.02 bits per heavy atom. The smallest absolute Gasteiger partial charge is 0.187 e. The first-order chi connectivity index (χ1) is 30.0. The summed E-state index contributed by atoms with van der Waals surface area (Å²) in [5, 5.41) is 106. The lowest BCUT2D eigenvalue weighted by molar-refractivity contribution is -0.394. The zero-order valence-corrected chi connectivity index (χ0v) is 36.8. The van der Waals surface area contributed by atoms with Gasteiger partial charge in [-0.25, -0.2) is 0 Å². The summed E-state index contributed by atoms with van der Waals surface area (Å²) in [5.74, 6) is 1.77. The zero-order valence-electron chi connectivity index (χ0n) is 36.8. The molecule has 26 atom stereocenters. The third-order valence-electron chi connectivity index (χ3n) is 17.8. The fourth-order valence-electron chi connectivity index (χ4n) is 14.1. The van der Waals surface area contributed by atoms with Gasteiger partial charge >= 0.3 is 0 Å². The molecule has 0 bridgehead atoms. The molecule has 0 aromatic carbocycles. The van der Waals surface area contributed by atoms with Crippen molar-refractivity contribution >= 4 is 0 Å². The van der Waals surface area contributed by atoms with Crippen LogP contribution < -0.4 is 0 Å². The summed E-state index contributed by atoms with van der Waals surface area (Å²) in [4.78, 5) is 0. The molecule has 9 aliphatic rings. The van der Waals surface area contributed by atoms with Crippen LogP contribution >= 0.6 is 0 Å². The Hall–Kier alpha value is -0.980. The van der Waals surface area contributed by atoms with Crippen LogP contribution in [-0.2, 0) is 37.9 Å². The molecule has 9 rings (SSSR count). The van der Waals surface area contributed by atoms with Crippen molar-refractivity contribution in [2.45, 2.75) is 196 Å². The van der Waals surface area contributed by atoms with Crippen LogP contribution in [-0.4, -0.2) is 188 Å². The van der Waals surface area contributed by atoms with E-state index < -0.39 is 117 Å². The van der Waals surface area contributed by atoms with Crippen molar-refractivity contribution in [3.05, 3.63) is 11.6 Å². The molecule has 4 aliphatic carbocycles. The highest BCUT2D eigenvalue weighted by Gasteiger charge is 2.69. The number of allylic oxidation sites excluding steroid dienone is 1. The normalized spacial score (nSPS) is 56.9. The summed E-state index contributed by atoms with van der Waals surface area (Å²) in [6, 6.07) is 0. The fourth-order valence-corrected chi connectivity index (χ4v) is 14.1. The van der Waals surface area contributed by atoms with Crippen molar-refractivity contribution in [3.8, 4) is 0 Å². The maximum Gasteiger partial charge on any atom is 0.187 e. The van der Waals surface area contributed by atoms with Crippen LogP contribution in [0.2, 0.25) is 0 Å². The Kier molecular flexibility index (Phi) is 13.3. The third-order valence-corrected chi connectivity index (χ3v) is 17.8. The molecule has 0 aromatic rings. The molecular formula is C45H72O18. The van der Waals surface area contributed by atoms with E-state index in [9.17, 15) is 51.1 Å². The first kappa shape index (κ1) is 47.1. The molecule has 18 nitrogen and oxygen atoms in total. The maximum absolute atomic E-state index is 11.6. The Labute approximate surface area is 368 Å². The lowest BCUT2D eigenvalue weighted by Gasteiger charge is -2.59. The van der Waals surface area contributed by atoms with Crippen molar-refractivity contribution < 1.29 is 89.0 Å². The molecule has 1 spiro atoms. The van der Waals surface area contributed by atoms with Crippen LogP contribution in [0.25, 0.3) is 0 Å².